The number of aryl methyl sites for hydroxylation is 1. The zero-order valence-corrected chi connectivity index (χ0v) is 11.4. The smallest absolute Gasteiger partial charge is 0.123 e. The largest absolute Gasteiger partial charge is 0.496 e. The summed E-state index contributed by atoms with van der Waals surface area (Å²) in [7, 11) is 1.67. The Morgan fingerprint density at radius 3 is 2.71 bits per heavy atom. The van der Waals surface area contributed by atoms with Crippen LogP contribution in [-0.2, 0) is 6.54 Å². The second-order valence-electron chi connectivity index (χ2n) is 4.07. The minimum atomic E-state index is 0.206. The van der Waals surface area contributed by atoms with Crippen LogP contribution in [-0.4, -0.2) is 25.4 Å². The molecule has 0 unspecified atom stereocenters. The van der Waals surface area contributed by atoms with Crippen LogP contribution in [0, 0.1) is 13.8 Å². The molecule has 1 rings (SSSR count). The highest BCUT2D eigenvalue weighted by molar-refractivity contribution is 6.32. The third-order valence-electron chi connectivity index (χ3n) is 2.81. The molecule has 0 saturated heterocycles. The van der Waals surface area contributed by atoms with E-state index in [0.29, 0.717) is 6.54 Å². The molecule has 0 aromatic heterocycles. The number of benzene rings is 1. The second-order valence-corrected chi connectivity index (χ2v) is 4.45. The highest BCUT2D eigenvalue weighted by Gasteiger charge is 2.11. The maximum absolute atomic E-state index is 8.71. The van der Waals surface area contributed by atoms with Gasteiger partial charge in [-0.3, -0.25) is 0 Å². The van der Waals surface area contributed by atoms with Gasteiger partial charge in [0.25, 0.3) is 0 Å². The number of rotatable bonds is 6. The Morgan fingerprint density at radius 1 is 1.41 bits per heavy atom. The van der Waals surface area contributed by atoms with Crippen LogP contribution in [0.1, 0.15) is 23.1 Å². The maximum atomic E-state index is 8.71. The predicted molar refractivity (Wildman–Crippen MR) is 70.9 cm³/mol. The minimum Gasteiger partial charge on any atom is -0.496 e. The molecular weight excluding hydrogens is 238 g/mol. The van der Waals surface area contributed by atoms with Gasteiger partial charge < -0.3 is 15.2 Å². The van der Waals surface area contributed by atoms with Gasteiger partial charge in [-0.1, -0.05) is 11.6 Å². The van der Waals surface area contributed by atoms with Crippen molar-refractivity contribution in [1.82, 2.24) is 5.32 Å². The number of aliphatic hydroxyl groups excluding tert-OH is 1. The fraction of sp³-hybridized carbons (Fsp3) is 0.538. The first-order valence-corrected chi connectivity index (χ1v) is 6.13. The summed E-state index contributed by atoms with van der Waals surface area (Å²) in [6, 6.07) is 1.96. The zero-order valence-electron chi connectivity index (χ0n) is 10.6. The minimum absolute atomic E-state index is 0.206. The molecule has 0 bridgehead atoms. The van der Waals surface area contributed by atoms with Gasteiger partial charge in [0.2, 0.25) is 0 Å². The number of aliphatic hydroxyl groups is 1. The van der Waals surface area contributed by atoms with Crippen molar-refractivity contribution in [3.05, 3.63) is 27.8 Å². The third-order valence-corrected chi connectivity index (χ3v) is 3.39. The van der Waals surface area contributed by atoms with Crippen molar-refractivity contribution >= 4 is 11.6 Å². The average Bonchev–Trinajstić information content (AvgIpc) is 2.33. The molecule has 0 atom stereocenters. The molecule has 1 aromatic carbocycles. The van der Waals surface area contributed by atoms with Crippen LogP contribution in [0.2, 0.25) is 5.02 Å². The van der Waals surface area contributed by atoms with Gasteiger partial charge in [0.05, 0.1) is 7.11 Å². The first-order valence-electron chi connectivity index (χ1n) is 5.76. The van der Waals surface area contributed by atoms with Gasteiger partial charge in [0, 0.05) is 23.7 Å². The van der Waals surface area contributed by atoms with Crippen LogP contribution in [0.25, 0.3) is 0 Å². The van der Waals surface area contributed by atoms with E-state index in [1.807, 2.05) is 19.9 Å². The Kier molecular flexibility index (Phi) is 5.75. The van der Waals surface area contributed by atoms with Crippen LogP contribution < -0.4 is 10.1 Å². The van der Waals surface area contributed by atoms with E-state index in [4.69, 9.17) is 21.4 Å². The van der Waals surface area contributed by atoms with Crippen LogP contribution in [0.15, 0.2) is 6.07 Å². The molecule has 1 aromatic rings. The van der Waals surface area contributed by atoms with E-state index in [1.165, 1.54) is 0 Å². The van der Waals surface area contributed by atoms with Gasteiger partial charge in [-0.25, -0.2) is 0 Å². The normalized spacial score (nSPS) is 10.6. The molecule has 0 amide bonds. The van der Waals surface area contributed by atoms with E-state index < -0.39 is 0 Å². The van der Waals surface area contributed by atoms with E-state index in [1.54, 1.807) is 7.11 Å². The van der Waals surface area contributed by atoms with Gasteiger partial charge in [-0.2, -0.15) is 0 Å². The third kappa shape index (κ3) is 3.60. The number of halogens is 1. The molecule has 0 aliphatic heterocycles. The van der Waals surface area contributed by atoms with E-state index >= 15 is 0 Å². The second kappa shape index (κ2) is 6.84. The van der Waals surface area contributed by atoms with Gasteiger partial charge in [0.1, 0.15) is 5.75 Å². The van der Waals surface area contributed by atoms with Crippen molar-refractivity contribution in [2.75, 3.05) is 20.3 Å². The summed E-state index contributed by atoms with van der Waals surface area (Å²) in [6.07, 6.45) is 0.751. The molecule has 0 heterocycles. The van der Waals surface area contributed by atoms with Crippen molar-refractivity contribution in [1.29, 1.82) is 0 Å². The molecule has 96 valence electrons. The molecule has 17 heavy (non-hydrogen) atoms. The van der Waals surface area contributed by atoms with Crippen LogP contribution in [0.4, 0.5) is 0 Å². The zero-order chi connectivity index (χ0) is 12.8. The highest BCUT2D eigenvalue weighted by Crippen LogP contribution is 2.31. The van der Waals surface area contributed by atoms with Gasteiger partial charge >= 0.3 is 0 Å². The Bertz CT molecular complexity index is 380. The lowest BCUT2D eigenvalue weighted by Gasteiger charge is -2.15. The molecule has 0 aliphatic carbocycles. The summed E-state index contributed by atoms with van der Waals surface area (Å²) in [6.45, 7) is 5.67. The fourth-order valence-electron chi connectivity index (χ4n) is 1.78. The van der Waals surface area contributed by atoms with Crippen LogP contribution in [0.5, 0.6) is 5.75 Å². The lowest BCUT2D eigenvalue weighted by atomic mass is 10.0. The Morgan fingerprint density at radius 2 is 2.12 bits per heavy atom. The van der Waals surface area contributed by atoms with Crippen molar-refractivity contribution < 1.29 is 9.84 Å². The van der Waals surface area contributed by atoms with Crippen molar-refractivity contribution in [2.45, 2.75) is 26.8 Å². The summed E-state index contributed by atoms with van der Waals surface area (Å²) in [5.41, 5.74) is 3.17. The molecule has 3 nitrogen and oxygen atoms in total. The van der Waals surface area contributed by atoms with Crippen molar-refractivity contribution in [3.63, 3.8) is 0 Å². The van der Waals surface area contributed by atoms with E-state index in [0.717, 1.165) is 40.4 Å². The average molecular weight is 258 g/mol. The molecule has 4 heteroatoms. The Labute approximate surface area is 108 Å². The number of hydrogen-bond donors (Lipinski definition) is 2. The molecule has 0 aliphatic rings. The number of nitrogens with one attached hydrogen (secondary N) is 1. The lowest BCUT2D eigenvalue weighted by molar-refractivity contribution is 0.286. The molecule has 2 N–H and O–H groups in total. The fourth-order valence-corrected chi connectivity index (χ4v) is 1.95. The summed E-state index contributed by atoms with van der Waals surface area (Å²) < 4.78 is 5.37. The predicted octanol–water partition coefficient (Wildman–Crippen LogP) is 2.44. The molecule has 0 spiro atoms. The monoisotopic (exact) mass is 257 g/mol. The number of hydrogen-bond acceptors (Lipinski definition) is 3. The van der Waals surface area contributed by atoms with Crippen molar-refractivity contribution in [2.24, 2.45) is 0 Å². The first kappa shape index (κ1) is 14.3. The maximum Gasteiger partial charge on any atom is 0.123 e. The SMILES string of the molecule is COc1cc(C)c(Cl)c(C)c1CNCCCO. The topological polar surface area (TPSA) is 41.5 Å². The summed E-state index contributed by atoms with van der Waals surface area (Å²) in [4.78, 5) is 0. The first-order chi connectivity index (χ1) is 8.11. The van der Waals surface area contributed by atoms with E-state index in [9.17, 15) is 0 Å². The summed E-state index contributed by atoms with van der Waals surface area (Å²) >= 11 is 6.23. The lowest BCUT2D eigenvalue weighted by Crippen LogP contribution is -2.17. The Balaban J connectivity index is 2.85. The van der Waals surface area contributed by atoms with Gasteiger partial charge in [-0.05, 0) is 44.0 Å². The number of ether oxygens (including phenoxy) is 1. The van der Waals surface area contributed by atoms with Crippen molar-refractivity contribution in [3.8, 4) is 5.75 Å². The van der Waals surface area contributed by atoms with Gasteiger partial charge in [-0.15, -0.1) is 0 Å². The van der Waals surface area contributed by atoms with Crippen LogP contribution >= 0.6 is 11.6 Å². The molecule has 0 fully saturated rings. The Hall–Kier alpha value is -0.770. The molecule has 0 radical (unpaired) electrons. The molecular formula is C13H20ClNO2. The summed E-state index contributed by atoms with van der Waals surface area (Å²) in [5, 5.41) is 12.8. The van der Waals surface area contributed by atoms with E-state index in [-0.39, 0.29) is 6.61 Å². The number of methoxy groups -OCH3 is 1. The summed E-state index contributed by atoms with van der Waals surface area (Å²) in [5.74, 6) is 0.862. The quantitative estimate of drug-likeness (QED) is 0.770. The highest BCUT2D eigenvalue weighted by atomic mass is 35.5. The van der Waals surface area contributed by atoms with Crippen LogP contribution in [0.3, 0.4) is 0 Å². The standard InChI is InChI=1S/C13H20ClNO2/c1-9-7-12(17-3)11(10(2)13(9)14)8-15-5-4-6-16/h7,15-16H,4-6,8H2,1-3H3. The molecule has 0 saturated carbocycles. The van der Waals surface area contributed by atoms with E-state index in [2.05, 4.69) is 5.32 Å². The van der Waals surface area contributed by atoms with Gasteiger partial charge in [0.15, 0.2) is 0 Å².